The fourth-order valence-corrected chi connectivity index (χ4v) is 3.50. The average Bonchev–Trinajstić information content (AvgIpc) is 2.47. The number of aliphatic hydroxyl groups excluding tert-OH is 1. The molecular formula is C16H21ClN2O2S. The molecular weight excluding hydrogens is 320 g/mol. The van der Waals surface area contributed by atoms with Gasteiger partial charge >= 0.3 is 0 Å². The Bertz CT molecular complexity index is 612. The number of thioether (sulfide) groups is 1. The topological polar surface area (TPSA) is 45.6 Å². The molecule has 0 aliphatic carbocycles. The Morgan fingerprint density at radius 1 is 1.41 bits per heavy atom. The van der Waals surface area contributed by atoms with E-state index in [1.807, 2.05) is 37.5 Å². The van der Waals surface area contributed by atoms with Crippen LogP contribution in [0.25, 0.3) is 10.9 Å². The number of aromatic nitrogens is 1. The summed E-state index contributed by atoms with van der Waals surface area (Å²) in [6.45, 7) is 1.87. The number of ether oxygens (including phenoxy) is 1. The van der Waals surface area contributed by atoms with E-state index in [1.54, 1.807) is 18.9 Å². The van der Waals surface area contributed by atoms with E-state index in [2.05, 4.69) is 9.88 Å². The van der Waals surface area contributed by atoms with E-state index in [0.29, 0.717) is 18.2 Å². The predicted octanol–water partition coefficient (Wildman–Crippen LogP) is 2.92. The molecule has 4 nitrogen and oxygen atoms in total. The average molecular weight is 341 g/mol. The van der Waals surface area contributed by atoms with Gasteiger partial charge in [0.25, 0.3) is 0 Å². The van der Waals surface area contributed by atoms with E-state index in [-0.39, 0.29) is 0 Å². The van der Waals surface area contributed by atoms with E-state index < -0.39 is 6.10 Å². The number of pyridine rings is 1. The molecule has 1 atom stereocenters. The molecule has 1 unspecified atom stereocenters. The number of benzene rings is 1. The van der Waals surface area contributed by atoms with Gasteiger partial charge in [-0.1, -0.05) is 17.7 Å². The van der Waals surface area contributed by atoms with Crippen molar-refractivity contribution >= 4 is 34.3 Å². The fraction of sp³-hybridized carbons (Fsp3) is 0.438. The summed E-state index contributed by atoms with van der Waals surface area (Å²) in [5.41, 5.74) is 0.918. The first-order valence-corrected chi connectivity index (χ1v) is 8.49. The van der Waals surface area contributed by atoms with Crippen LogP contribution in [0.4, 0.5) is 0 Å². The first kappa shape index (κ1) is 17.5. The van der Waals surface area contributed by atoms with Crippen molar-refractivity contribution in [3.63, 3.8) is 0 Å². The molecule has 120 valence electrons. The van der Waals surface area contributed by atoms with E-state index in [1.165, 1.54) is 4.90 Å². The van der Waals surface area contributed by atoms with Crippen molar-refractivity contribution in [1.82, 2.24) is 9.88 Å². The Labute approximate surface area is 140 Å². The van der Waals surface area contributed by atoms with Crippen molar-refractivity contribution in [3.8, 4) is 0 Å². The molecule has 2 aromatic rings. The molecule has 0 amide bonds. The highest BCUT2D eigenvalue weighted by Crippen LogP contribution is 2.28. The Morgan fingerprint density at radius 2 is 2.23 bits per heavy atom. The van der Waals surface area contributed by atoms with Crippen LogP contribution < -0.4 is 0 Å². The van der Waals surface area contributed by atoms with Gasteiger partial charge in [0.1, 0.15) is 0 Å². The summed E-state index contributed by atoms with van der Waals surface area (Å²) >= 11 is 7.79. The van der Waals surface area contributed by atoms with Crippen LogP contribution in [0.15, 0.2) is 35.4 Å². The zero-order chi connectivity index (χ0) is 15.9. The summed E-state index contributed by atoms with van der Waals surface area (Å²) in [6, 6.07) is 7.82. The van der Waals surface area contributed by atoms with Crippen molar-refractivity contribution in [2.45, 2.75) is 11.0 Å². The van der Waals surface area contributed by atoms with Crippen molar-refractivity contribution in [1.29, 1.82) is 0 Å². The van der Waals surface area contributed by atoms with Crippen molar-refractivity contribution in [2.75, 3.05) is 39.6 Å². The highest BCUT2D eigenvalue weighted by molar-refractivity contribution is 7.99. The maximum absolute atomic E-state index is 9.71. The Kier molecular flexibility index (Phi) is 6.92. The molecule has 1 aromatic carbocycles. The SMILES string of the molecule is COCC(O)CN(C)CCSc1ccnc2cc(Cl)ccc12. The molecule has 0 fully saturated rings. The van der Waals surface area contributed by atoms with E-state index in [9.17, 15) is 5.11 Å². The summed E-state index contributed by atoms with van der Waals surface area (Å²) in [5.74, 6) is 0.942. The van der Waals surface area contributed by atoms with E-state index >= 15 is 0 Å². The monoisotopic (exact) mass is 340 g/mol. The van der Waals surface area contributed by atoms with Crippen LogP contribution in [0.3, 0.4) is 0 Å². The highest BCUT2D eigenvalue weighted by Gasteiger charge is 2.08. The van der Waals surface area contributed by atoms with Crippen LogP contribution in [-0.4, -0.2) is 60.7 Å². The lowest BCUT2D eigenvalue weighted by Crippen LogP contribution is -2.33. The molecule has 0 aliphatic rings. The molecule has 0 saturated carbocycles. The number of hydrogen-bond acceptors (Lipinski definition) is 5. The molecule has 0 aliphatic heterocycles. The third-order valence-electron chi connectivity index (χ3n) is 3.28. The number of nitrogens with zero attached hydrogens (tertiary/aromatic N) is 2. The number of halogens is 1. The van der Waals surface area contributed by atoms with E-state index in [0.717, 1.165) is 23.2 Å². The van der Waals surface area contributed by atoms with Gasteiger partial charge in [0.15, 0.2) is 0 Å². The molecule has 1 heterocycles. The summed E-state index contributed by atoms with van der Waals surface area (Å²) in [5, 5.41) is 11.5. The van der Waals surface area contributed by atoms with Crippen LogP contribution in [0.2, 0.25) is 5.02 Å². The molecule has 1 aromatic heterocycles. The van der Waals surface area contributed by atoms with Crippen LogP contribution in [0, 0.1) is 0 Å². The van der Waals surface area contributed by atoms with Gasteiger partial charge in [0.2, 0.25) is 0 Å². The minimum absolute atomic E-state index is 0.368. The van der Waals surface area contributed by atoms with Gasteiger partial charge in [-0.15, -0.1) is 11.8 Å². The number of rotatable bonds is 8. The van der Waals surface area contributed by atoms with Crippen LogP contribution >= 0.6 is 23.4 Å². The first-order chi connectivity index (χ1) is 10.6. The normalized spacial score (nSPS) is 13.0. The largest absolute Gasteiger partial charge is 0.389 e. The molecule has 22 heavy (non-hydrogen) atoms. The number of methoxy groups -OCH3 is 1. The number of hydrogen-bond donors (Lipinski definition) is 1. The van der Waals surface area contributed by atoms with E-state index in [4.69, 9.17) is 16.3 Å². The third-order valence-corrected chi connectivity index (χ3v) is 4.57. The highest BCUT2D eigenvalue weighted by atomic mass is 35.5. The Morgan fingerprint density at radius 3 is 3.00 bits per heavy atom. The van der Waals surface area contributed by atoms with Crippen LogP contribution in [0.5, 0.6) is 0 Å². The molecule has 2 rings (SSSR count). The zero-order valence-electron chi connectivity index (χ0n) is 12.8. The lowest BCUT2D eigenvalue weighted by molar-refractivity contribution is 0.0445. The van der Waals surface area contributed by atoms with Crippen molar-refractivity contribution in [2.24, 2.45) is 0 Å². The van der Waals surface area contributed by atoms with Gasteiger partial charge in [0, 0.05) is 47.5 Å². The Hall–Kier alpha value is -0.850. The maximum Gasteiger partial charge on any atom is 0.0899 e. The second kappa shape index (κ2) is 8.70. The third kappa shape index (κ3) is 5.11. The minimum atomic E-state index is -0.441. The van der Waals surface area contributed by atoms with Gasteiger partial charge in [0.05, 0.1) is 18.2 Å². The molecule has 1 N–H and O–H groups in total. The van der Waals surface area contributed by atoms with Crippen molar-refractivity contribution < 1.29 is 9.84 Å². The number of likely N-dealkylation sites (N-methyl/N-ethyl adjacent to an activating group) is 1. The molecule has 0 radical (unpaired) electrons. The van der Waals surface area contributed by atoms with Gasteiger partial charge in [-0.2, -0.15) is 0 Å². The minimum Gasteiger partial charge on any atom is -0.389 e. The molecule has 0 spiro atoms. The Balaban J connectivity index is 1.89. The first-order valence-electron chi connectivity index (χ1n) is 7.12. The second-order valence-corrected chi connectivity index (χ2v) is 6.76. The molecule has 0 saturated heterocycles. The summed E-state index contributed by atoms with van der Waals surface area (Å²) in [7, 11) is 3.60. The quantitative estimate of drug-likeness (QED) is 0.749. The second-order valence-electron chi connectivity index (χ2n) is 5.19. The standard InChI is InChI=1S/C16H21ClN2O2S/c1-19(10-13(20)11-21-2)7-8-22-16-5-6-18-15-9-12(17)3-4-14(15)16/h3-6,9,13,20H,7-8,10-11H2,1-2H3. The molecule has 6 heteroatoms. The summed E-state index contributed by atoms with van der Waals surface area (Å²) < 4.78 is 4.94. The van der Waals surface area contributed by atoms with Crippen LogP contribution in [-0.2, 0) is 4.74 Å². The zero-order valence-corrected chi connectivity index (χ0v) is 14.4. The number of fused-ring (bicyclic) bond motifs is 1. The molecule has 0 bridgehead atoms. The summed E-state index contributed by atoms with van der Waals surface area (Å²) in [6.07, 6.45) is 1.37. The predicted molar refractivity (Wildman–Crippen MR) is 92.9 cm³/mol. The smallest absolute Gasteiger partial charge is 0.0899 e. The maximum atomic E-state index is 9.71. The lowest BCUT2D eigenvalue weighted by Gasteiger charge is -2.19. The van der Waals surface area contributed by atoms with Crippen molar-refractivity contribution in [3.05, 3.63) is 35.5 Å². The van der Waals surface area contributed by atoms with Gasteiger partial charge in [-0.25, -0.2) is 0 Å². The number of aliphatic hydroxyl groups is 1. The fourth-order valence-electron chi connectivity index (χ4n) is 2.23. The lowest BCUT2D eigenvalue weighted by atomic mass is 10.2. The van der Waals surface area contributed by atoms with Gasteiger partial charge < -0.3 is 14.7 Å². The van der Waals surface area contributed by atoms with Gasteiger partial charge in [-0.3, -0.25) is 4.98 Å². The van der Waals surface area contributed by atoms with Gasteiger partial charge in [-0.05, 0) is 25.2 Å². The van der Waals surface area contributed by atoms with Crippen LogP contribution in [0.1, 0.15) is 0 Å². The summed E-state index contributed by atoms with van der Waals surface area (Å²) in [4.78, 5) is 7.66.